The second kappa shape index (κ2) is 9.82. The maximum Gasteiger partial charge on any atom is 0.322 e. The molecule has 1 atom stereocenters. The highest BCUT2D eigenvalue weighted by Gasteiger charge is 2.25. The normalized spacial score (nSPS) is 12.4. The zero-order valence-corrected chi connectivity index (χ0v) is 17.3. The number of esters is 1. The molecule has 156 valence electrons. The lowest BCUT2D eigenvalue weighted by Crippen LogP contribution is -2.39. The molecule has 0 spiro atoms. The first-order valence-corrected chi connectivity index (χ1v) is 10.3. The molecule has 0 saturated heterocycles. The lowest BCUT2D eigenvalue weighted by atomic mass is 10.2. The van der Waals surface area contributed by atoms with E-state index in [1.165, 1.54) is 62.5 Å². The molecule has 29 heavy (non-hydrogen) atoms. The van der Waals surface area contributed by atoms with E-state index in [0.717, 1.165) is 4.31 Å². The maximum absolute atomic E-state index is 12.9. The molecule has 0 heterocycles. The smallest absolute Gasteiger partial charge is 0.322 e. The molecule has 0 aliphatic heterocycles. The third kappa shape index (κ3) is 6.52. The Morgan fingerprint density at radius 2 is 1.72 bits per heavy atom. The van der Waals surface area contributed by atoms with Crippen LogP contribution in [0.25, 0.3) is 0 Å². The minimum absolute atomic E-state index is 0.0257. The molecule has 2 aromatic carbocycles. The van der Waals surface area contributed by atoms with Gasteiger partial charge in [0.1, 0.15) is 12.4 Å². The van der Waals surface area contributed by atoms with Crippen LogP contribution in [-0.4, -0.2) is 44.3 Å². The van der Waals surface area contributed by atoms with Crippen LogP contribution in [0.15, 0.2) is 53.4 Å². The molecule has 0 saturated carbocycles. The molecule has 0 bridgehead atoms. The van der Waals surface area contributed by atoms with Crippen LogP contribution in [0.4, 0.5) is 4.39 Å². The van der Waals surface area contributed by atoms with E-state index in [9.17, 15) is 22.4 Å². The molecular formula is C19H20ClFN2O5S. The van der Waals surface area contributed by atoms with Crippen LogP contribution in [0.3, 0.4) is 0 Å². The Bertz CT molecular complexity index is 965. The number of carbonyl (C=O) groups excluding carboxylic acids is 2. The summed E-state index contributed by atoms with van der Waals surface area (Å²) in [6.45, 7) is 0.929. The summed E-state index contributed by atoms with van der Waals surface area (Å²) in [4.78, 5) is 24.1. The van der Waals surface area contributed by atoms with Gasteiger partial charge in [-0.2, -0.15) is 4.31 Å². The van der Waals surface area contributed by atoms with Crippen molar-refractivity contribution in [2.75, 3.05) is 13.6 Å². The average Bonchev–Trinajstić information content (AvgIpc) is 2.67. The van der Waals surface area contributed by atoms with Crippen LogP contribution in [0.2, 0.25) is 5.02 Å². The van der Waals surface area contributed by atoms with Gasteiger partial charge >= 0.3 is 5.97 Å². The molecule has 1 N–H and O–H groups in total. The van der Waals surface area contributed by atoms with Gasteiger partial charge in [0.15, 0.2) is 6.10 Å². The monoisotopic (exact) mass is 442 g/mol. The number of amides is 1. The number of likely N-dealkylation sites (N-methyl/N-ethyl adjacent to an activating group) is 1. The molecule has 1 amide bonds. The summed E-state index contributed by atoms with van der Waals surface area (Å²) in [6, 6.07) is 11.1. The Balaban J connectivity index is 1.87. The molecule has 0 fully saturated rings. The van der Waals surface area contributed by atoms with Crippen LogP contribution in [0, 0.1) is 5.82 Å². The fourth-order valence-corrected chi connectivity index (χ4v) is 3.52. The van der Waals surface area contributed by atoms with E-state index >= 15 is 0 Å². The van der Waals surface area contributed by atoms with Gasteiger partial charge in [-0.3, -0.25) is 9.59 Å². The fourth-order valence-electron chi connectivity index (χ4n) is 2.28. The van der Waals surface area contributed by atoms with Gasteiger partial charge in [-0.15, -0.1) is 0 Å². The fraction of sp³-hybridized carbons (Fsp3) is 0.263. The lowest BCUT2D eigenvalue weighted by molar-refractivity contribution is -0.154. The van der Waals surface area contributed by atoms with Gasteiger partial charge in [0.2, 0.25) is 10.0 Å². The molecule has 0 radical (unpaired) electrons. The number of halogens is 2. The summed E-state index contributed by atoms with van der Waals surface area (Å²) in [6.07, 6.45) is -1.13. The van der Waals surface area contributed by atoms with E-state index in [1.807, 2.05) is 0 Å². The summed E-state index contributed by atoms with van der Waals surface area (Å²) < 4.78 is 43.6. The molecule has 0 aromatic heterocycles. The molecule has 1 unspecified atom stereocenters. The predicted octanol–water partition coefficient (Wildman–Crippen LogP) is 2.35. The number of hydrogen-bond acceptors (Lipinski definition) is 5. The van der Waals surface area contributed by atoms with Crippen molar-refractivity contribution in [1.82, 2.24) is 9.62 Å². The first-order valence-electron chi connectivity index (χ1n) is 8.53. The number of sulfonamides is 1. The van der Waals surface area contributed by atoms with E-state index in [1.54, 1.807) is 0 Å². The number of nitrogens with zero attached hydrogens (tertiary/aromatic N) is 1. The molecule has 0 aliphatic rings. The standard InChI is InChI=1S/C19H20ClFN2O5S/c1-13(19(25)22-11-14-3-7-16(21)8-4-14)28-18(24)12-23(2)29(26,27)17-9-5-15(20)6-10-17/h3-10,13H,11-12H2,1-2H3,(H,22,25). The van der Waals surface area contributed by atoms with Gasteiger partial charge in [0, 0.05) is 18.6 Å². The quantitative estimate of drug-likeness (QED) is 0.633. The van der Waals surface area contributed by atoms with Crippen molar-refractivity contribution >= 4 is 33.5 Å². The van der Waals surface area contributed by atoms with Crippen LogP contribution < -0.4 is 5.32 Å². The van der Waals surface area contributed by atoms with Crippen LogP contribution in [-0.2, 0) is 30.9 Å². The van der Waals surface area contributed by atoms with Crippen molar-refractivity contribution in [1.29, 1.82) is 0 Å². The second-order valence-electron chi connectivity index (χ2n) is 6.19. The summed E-state index contributed by atoms with van der Waals surface area (Å²) >= 11 is 5.75. The summed E-state index contributed by atoms with van der Waals surface area (Å²) in [5.74, 6) is -1.83. The van der Waals surface area contributed by atoms with Gasteiger partial charge in [0.05, 0.1) is 4.90 Å². The number of carbonyl (C=O) groups is 2. The molecule has 7 nitrogen and oxygen atoms in total. The van der Waals surface area contributed by atoms with Gasteiger partial charge < -0.3 is 10.1 Å². The first-order chi connectivity index (χ1) is 13.6. The Kier molecular flexibility index (Phi) is 7.72. The first kappa shape index (κ1) is 22.8. The summed E-state index contributed by atoms with van der Waals surface area (Å²) in [5, 5.41) is 2.94. The van der Waals surface area contributed by atoms with Crippen molar-refractivity contribution in [2.45, 2.75) is 24.5 Å². The highest BCUT2D eigenvalue weighted by atomic mass is 35.5. The number of hydrogen-bond donors (Lipinski definition) is 1. The minimum atomic E-state index is -3.91. The van der Waals surface area contributed by atoms with Crippen molar-refractivity contribution < 1.29 is 27.1 Å². The largest absolute Gasteiger partial charge is 0.452 e. The van der Waals surface area contributed by atoms with Gasteiger partial charge in [-0.05, 0) is 48.9 Å². The SMILES string of the molecule is CC(OC(=O)CN(C)S(=O)(=O)c1ccc(Cl)cc1)C(=O)NCc1ccc(F)cc1. The Morgan fingerprint density at radius 3 is 2.31 bits per heavy atom. The van der Waals surface area contributed by atoms with Crippen molar-refractivity contribution in [3.63, 3.8) is 0 Å². The van der Waals surface area contributed by atoms with E-state index in [2.05, 4.69) is 5.32 Å². The summed E-state index contributed by atoms with van der Waals surface area (Å²) in [5.41, 5.74) is 0.673. The zero-order chi connectivity index (χ0) is 21.6. The Morgan fingerprint density at radius 1 is 1.14 bits per heavy atom. The number of benzene rings is 2. The van der Waals surface area contributed by atoms with Gasteiger partial charge in [0.25, 0.3) is 5.91 Å². The Hall–Kier alpha value is -2.49. The molecule has 0 aliphatic carbocycles. The number of nitrogens with one attached hydrogen (secondary N) is 1. The molecule has 2 rings (SSSR count). The number of ether oxygens (including phenoxy) is 1. The third-order valence-electron chi connectivity index (χ3n) is 3.93. The second-order valence-corrected chi connectivity index (χ2v) is 8.67. The van der Waals surface area contributed by atoms with Crippen molar-refractivity contribution in [3.05, 3.63) is 64.9 Å². The van der Waals surface area contributed by atoms with Gasteiger partial charge in [-0.1, -0.05) is 23.7 Å². The predicted molar refractivity (Wildman–Crippen MR) is 105 cm³/mol. The maximum atomic E-state index is 12.9. The summed E-state index contributed by atoms with van der Waals surface area (Å²) in [7, 11) is -2.69. The van der Waals surface area contributed by atoms with E-state index in [4.69, 9.17) is 16.3 Å². The third-order valence-corrected chi connectivity index (χ3v) is 6.00. The van der Waals surface area contributed by atoms with Gasteiger partial charge in [-0.25, -0.2) is 12.8 Å². The highest BCUT2D eigenvalue weighted by Crippen LogP contribution is 2.17. The molecule has 10 heteroatoms. The topological polar surface area (TPSA) is 92.8 Å². The average molecular weight is 443 g/mol. The van der Waals surface area contributed by atoms with Crippen LogP contribution >= 0.6 is 11.6 Å². The van der Waals surface area contributed by atoms with E-state index in [0.29, 0.717) is 10.6 Å². The minimum Gasteiger partial charge on any atom is -0.452 e. The number of rotatable bonds is 8. The van der Waals surface area contributed by atoms with Crippen LogP contribution in [0.1, 0.15) is 12.5 Å². The van der Waals surface area contributed by atoms with E-state index < -0.39 is 34.5 Å². The molecule has 2 aromatic rings. The highest BCUT2D eigenvalue weighted by molar-refractivity contribution is 7.89. The van der Waals surface area contributed by atoms with Crippen LogP contribution in [0.5, 0.6) is 0 Å². The van der Waals surface area contributed by atoms with Crippen molar-refractivity contribution in [2.24, 2.45) is 0 Å². The zero-order valence-electron chi connectivity index (χ0n) is 15.8. The van der Waals surface area contributed by atoms with E-state index in [-0.39, 0.29) is 17.3 Å². The molecular weight excluding hydrogens is 423 g/mol. The Labute approximate surface area is 173 Å². The van der Waals surface area contributed by atoms with Crippen molar-refractivity contribution in [3.8, 4) is 0 Å². The lowest BCUT2D eigenvalue weighted by Gasteiger charge is -2.18.